The molecular weight excluding hydrogens is 258 g/mol. The molecule has 0 aliphatic heterocycles. The molecule has 7 heteroatoms. The predicted molar refractivity (Wildman–Crippen MR) is 62.8 cm³/mol. The summed E-state index contributed by atoms with van der Waals surface area (Å²) in [5.41, 5.74) is -1.31. The minimum Gasteiger partial charge on any atom is -0.344 e. The van der Waals surface area contributed by atoms with E-state index in [1.165, 1.54) is 10.8 Å². The Morgan fingerprint density at radius 1 is 1.26 bits per heavy atom. The minimum atomic E-state index is -0.819. The third-order valence-electron chi connectivity index (χ3n) is 2.52. The fraction of sp³-hybridized carbons (Fsp3) is 0.0833. The molecule has 0 fully saturated rings. The topological polar surface area (TPSA) is 65.1 Å². The lowest BCUT2D eigenvalue weighted by molar-refractivity contribution is -0.386. The van der Waals surface area contributed by atoms with Crippen molar-refractivity contribution < 1.29 is 13.7 Å². The first kappa shape index (κ1) is 12.9. The monoisotopic (exact) mass is 266 g/mol. The van der Waals surface area contributed by atoms with Crippen LogP contribution in [0.25, 0.3) is 0 Å². The second-order valence-electron chi connectivity index (χ2n) is 3.86. The average Bonchev–Trinajstić information content (AvgIpc) is 2.36. The molecule has 1 aromatic heterocycles. The van der Waals surface area contributed by atoms with Crippen LogP contribution in [0.1, 0.15) is 5.56 Å². The highest BCUT2D eigenvalue weighted by Crippen LogP contribution is 2.12. The number of benzene rings is 1. The summed E-state index contributed by atoms with van der Waals surface area (Å²) in [6.07, 6.45) is 2.27. The normalized spacial score (nSPS) is 10.4. The molecular formula is C12H8F2N2O3. The van der Waals surface area contributed by atoms with E-state index in [1.54, 1.807) is 0 Å². The molecule has 0 amide bonds. The number of hydrogen-bond acceptors (Lipinski definition) is 3. The SMILES string of the molecule is O=c1ccn(Cc2cc(F)ccc2F)cc1[N+](=O)[O-]. The third-order valence-corrected chi connectivity index (χ3v) is 2.52. The fourth-order valence-electron chi connectivity index (χ4n) is 1.61. The van der Waals surface area contributed by atoms with Crippen molar-refractivity contribution in [3.8, 4) is 0 Å². The first-order valence-electron chi connectivity index (χ1n) is 5.26. The lowest BCUT2D eigenvalue weighted by atomic mass is 10.2. The minimum absolute atomic E-state index is 0.0398. The van der Waals surface area contributed by atoms with Gasteiger partial charge >= 0.3 is 5.69 Å². The van der Waals surface area contributed by atoms with Crippen LogP contribution in [0.5, 0.6) is 0 Å². The Bertz CT molecular complexity index is 698. The van der Waals surface area contributed by atoms with Crippen molar-refractivity contribution in [2.24, 2.45) is 0 Å². The van der Waals surface area contributed by atoms with Gasteiger partial charge in [0.25, 0.3) is 5.43 Å². The van der Waals surface area contributed by atoms with Crippen LogP contribution >= 0.6 is 0 Å². The summed E-state index contributed by atoms with van der Waals surface area (Å²) in [5, 5.41) is 10.6. The van der Waals surface area contributed by atoms with Gasteiger partial charge in [0.15, 0.2) is 0 Å². The van der Waals surface area contributed by atoms with E-state index >= 15 is 0 Å². The van der Waals surface area contributed by atoms with Gasteiger partial charge in [0.1, 0.15) is 11.6 Å². The summed E-state index contributed by atoms with van der Waals surface area (Å²) in [4.78, 5) is 21.0. The van der Waals surface area contributed by atoms with E-state index in [9.17, 15) is 23.7 Å². The van der Waals surface area contributed by atoms with Crippen LogP contribution in [0.3, 0.4) is 0 Å². The second kappa shape index (κ2) is 4.97. The summed E-state index contributed by atoms with van der Waals surface area (Å²) >= 11 is 0. The molecule has 0 radical (unpaired) electrons. The molecule has 0 saturated heterocycles. The molecule has 0 N–H and O–H groups in total. The van der Waals surface area contributed by atoms with Gasteiger partial charge in [0, 0.05) is 17.8 Å². The maximum Gasteiger partial charge on any atom is 0.332 e. The quantitative estimate of drug-likeness (QED) is 0.631. The van der Waals surface area contributed by atoms with E-state index in [0.29, 0.717) is 0 Å². The van der Waals surface area contributed by atoms with Crippen LogP contribution in [0.15, 0.2) is 41.5 Å². The summed E-state index contributed by atoms with van der Waals surface area (Å²) in [6.45, 7) is -0.106. The zero-order valence-corrected chi connectivity index (χ0v) is 9.55. The summed E-state index contributed by atoms with van der Waals surface area (Å²) < 4.78 is 27.7. The summed E-state index contributed by atoms with van der Waals surface area (Å²) in [7, 11) is 0. The molecule has 2 rings (SSSR count). The molecule has 1 aromatic carbocycles. The molecule has 0 unspecified atom stereocenters. The first-order chi connectivity index (χ1) is 8.97. The van der Waals surface area contributed by atoms with E-state index in [0.717, 1.165) is 30.5 Å². The van der Waals surface area contributed by atoms with Gasteiger partial charge in [-0.05, 0) is 18.2 Å². The van der Waals surface area contributed by atoms with Gasteiger partial charge in [-0.25, -0.2) is 8.78 Å². The van der Waals surface area contributed by atoms with Gasteiger partial charge < -0.3 is 4.57 Å². The Morgan fingerprint density at radius 2 is 2.00 bits per heavy atom. The van der Waals surface area contributed by atoms with Crippen LogP contribution in [-0.2, 0) is 6.54 Å². The standard InChI is InChI=1S/C12H8F2N2O3/c13-9-1-2-10(14)8(5-9)6-15-4-3-12(17)11(7-15)16(18)19/h1-5,7H,6H2. The second-order valence-corrected chi connectivity index (χ2v) is 3.86. The molecule has 0 atom stereocenters. The number of nitrogens with zero attached hydrogens (tertiary/aromatic N) is 2. The van der Waals surface area contributed by atoms with Gasteiger partial charge in [-0.15, -0.1) is 0 Å². The van der Waals surface area contributed by atoms with Crippen LogP contribution < -0.4 is 5.43 Å². The van der Waals surface area contributed by atoms with Crippen LogP contribution in [-0.4, -0.2) is 9.49 Å². The predicted octanol–water partition coefficient (Wildman–Crippen LogP) is 2.08. The van der Waals surface area contributed by atoms with Gasteiger partial charge in [0.05, 0.1) is 17.7 Å². The van der Waals surface area contributed by atoms with Gasteiger partial charge in [-0.2, -0.15) is 0 Å². The van der Waals surface area contributed by atoms with Crippen molar-refractivity contribution in [2.45, 2.75) is 6.54 Å². The lowest BCUT2D eigenvalue weighted by Crippen LogP contribution is -2.12. The van der Waals surface area contributed by atoms with Crippen molar-refractivity contribution in [3.63, 3.8) is 0 Å². The number of aromatic nitrogens is 1. The average molecular weight is 266 g/mol. The maximum atomic E-state index is 13.4. The molecule has 98 valence electrons. The Hall–Kier alpha value is -2.57. The highest BCUT2D eigenvalue weighted by atomic mass is 19.1. The number of rotatable bonds is 3. The lowest BCUT2D eigenvalue weighted by Gasteiger charge is -2.07. The Morgan fingerprint density at radius 3 is 2.68 bits per heavy atom. The zero-order chi connectivity index (χ0) is 14.0. The van der Waals surface area contributed by atoms with Crippen LogP contribution in [0.4, 0.5) is 14.5 Å². The fourth-order valence-corrected chi connectivity index (χ4v) is 1.61. The highest BCUT2D eigenvalue weighted by Gasteiger charge is 2.12. The van der Waals surface area contributed by atoms with Crippen molar-refractivity contribution in [3.05, 3.63) is 74.2 Å². The molecule has 0 saturated carbocycles. The molecule has 0 aliphatic rings. The zero-order valence-electron chi connectivity index (χ0n) is 9.55. The molecule has 1 heterocycles. The van der Waals surface area contributed by atoms with Crippen molar-refractivity contribution in [1.29, 1.82) is 0 Å². The van der Waals surface area contributed by atoms with Gasteiger partial charge in [0.2, 0.25) is 0 Å². The molecule has 19 heavy (non-hydrogen) atoms. The summed E-state index contributed by atoms with van der Waals surface area (Å²) in [5.74, 6) is -1.23. The number of pyridine rings is 1. The van der Waals surface area contributed by atoms with Crippen molar-refractivity contribution >= 4 is 5.69 Å². The van der Waals surface area contributed by atoms with Gasteiger partial charge in [-0.1, -0.05) is 0 Å². The Labute approximate surface area is 105 Å². The molecule has 0 aliphatic carbocycles. The van der Waals surface area contributed by atoms with E-state index in [2.05, 4.69) is 0 Å². The van der Waals surface area contributed by atoms with E-state index in [4.69, 9.17) is 0 Å². The first-order valence-corrected chi connectivity index (χ1v) is 5.26. The Balaban J connectivity index is 2.39. The summed E-state index contributed by atoms with van der Waals surface area (Å²) in [6, 6.07) is 3.96. The third kappa shape index (κ3) is 2.82. The van der Waals surface area contributed by atoms with E-state index in [-0.39, 0.29) is 12.1 Å². The smallest absolute Gasteiger partial charge is 0.332 e. The van der Waals surface area contributed by atoms with Crippen LogP contribution in [0.2, 0.25) is 0 Å². The number of nitro groups is 1. The van der Waals surface area contributed by atoms with E-state index in [1.807, 2.05) is 0 Å². The highest BCUT2D eigenvalue weighted by molar-refractivity contribution is 5.26. The van der Waals surface area contributed by atoms with E-state index < -0.39 is 27.7 Å². The molecule has 0 bridgehead atoms. The van der Waals surface area contributed by atoms with Crippen molar-refractivity contribution in [2.75, 3.05) is 0 Å². The Kier molecular flexibility index (Phi) is 3.37. The largest absolute Gasteiger partial charge is 0.344 e. The van der Waals surface area contributed by atoms with Crippen LogP contribution in [0, 0.1) is 21.7 Å². The number of halogens is 2. The molecule has 5 nitrogen and oxygen atoms in total. The maximum absolute atomic E-state index is 13.4. The molecule has 0 spiro atoms. The molecule has 2 aromatic rings. The number of hydrogen-bond donors (Lipinski definition) is 0. The van der Waals surface area contributed by atoms with Crippen molar-refractivity contribution in [1.82, 2.24) is 4.57 Å². The van der Waals surface area contributed by atoms with Gasteiger partial charge in [-0.3, -0.25) is 14.9 Å².